The first-order valence-electron chi connectivity index (χ1n) is 6.87. The number of morpholine rings is 1. The quantitative estimate of drug-likeness (QED) is 0.701. The van der Waals surface area contributed by atoms with E-state index in [1.807, 2.05) is 0 Å². The van der Waals surface area contributed by atoms with Crippen molar-refractivity contribution < 1.29 is 14.3 Å². The number of nitrogens with zero attached hydrogens (tertiary/aromatic N) is 1. The number of carbonyl (C=O) groups excluding carboxylic acids is 2. The van der Waals surface area contributed by atoms with Crippen LogP contribution in [0.5, 0.6) is 0 Å². The molecule has 1 aromatic rings. The smallest absolute Gasteiger partial charge is 0.238 e. The van der Waals surface area contributed by atoms with Crippen molar-refractivity contribution in [3.05, 3.63) is 24.3 Å². The highest BCUT2D eigenvalue weighted by Gasteiger charge is 2.14. The van der Waals surface area contributed by atoms with E-state index in [1.54, 1.807) is 24.3 Å². The lowest BCUT2D eigenvalue weighted by atomic mass is 10.2. The Labute approximate surface area is 123 Å². The van der Waals surface area contributed by atoms with Gasteiger partial charge in [-0.25, -0.2) is 0 Å². The van der Waals surface area contributed by atoms with Gasteiger partial charge in [0, 0.05) is 24.5 Å². The second-order valence-electron chi connectivity index (χ2n) is 4.77. The van der Waals surface area contributed by atoms with Gasteiger partial charge in [-0.2, -0.15) is 0 Å². The van der Waals surface area contributed by atoms with Crippen LogP contribution in [-0.4, -0.2) is 56.1 Å². The number of rotatable bonds is 5. The maximum absolute atomic E-state index is 11.9. The van der Waals surface area contributed by atoms with E-state index in [9.17, 15) is 9.59 Å². The maximum Gasteiger partial charge on any atom is 0.238 e. The zero-order valence-corrected chi connectivity index (χ0v) is 11.8. The van der Waals surface area contributed by atoms with Crippen LogP contribution in [0.3, 0.4) is 0 Å². The predicted octanol–water partition coefficient (Wildman–Crippen LogP) is -0.146. The lowest BCUT2D eigenvalue weighted by molar-refractivity contribution is -0.118. The van der Waals surface area contributed by atoms with Crippen molar-refractivity contribution in [3.8, 4) is 0 Å². The summed E-state index contributed by atoms with van der Waals surface area (Å²) < 4.78 is 5.24. The van der Waals surface area contributed by atoms with Crippen molar-refractivity contribution in [2.45, 2.75) is 0 Å². The Bertz CT molecular complexity index is 483. The topological polar surface area (TPSA) is 96.7 Å². The van der Waals surface area contributed by atoms with E-state index in [0.717, 1.165) is 13.1 Å². The van der Waals surface area contributed by atoms with Gasteiger partial charge >= 0.3 is 0 Å². The van der Waals surface area contributed by atoms with Crippen LogP contribution in [0.2, 0.25) is 0 Å². The average molecular weight is 292 g/mol. The van der Waals surface area contributed by atoms with Crippen molar-refractivity contribution in [1.82, 2.24) is 4.90 Å². The molecule has 0 aliphatic carbocycles. The molecule has 0 bridgehead atoms. The van der Waals surface area contributed by atoms with Crippen molar-refractivity contribution in [1.29, 1.82) is 0 Å². The molecular weight excluding hydrogens is 272 g/mol. The third-order valence-electron chi connectivity index (χ3n) is 3.11. The van der Waals surface area contributed by atoms with Gasteiger partial charge in [-0.1, -0.05) is 0 Å². The first-order valence-corrected chi connectivity index (χ1v) is 6.87. The monoisotopic (exact) mass is 292 g/mol. The van der Waals surface area contributed by atoms with Gasteiger partial charge in [-0.05, 0) is 24.3 Å². The fraction of sp³-hybridized carbons (Fsp3) is 0.429. The van der Waals surface area contributed by atoms with Gasteiger partial charge in [0.25, 0.3) is 0 Å². The number of amides is 2. The molecule has 0 saturated carbocycles. The van der Waals surface area contributed by atoms with Crippen LogP contribution < -0.4 is 16.4 Å². The highest BCUT2D eigenvalue weighted by atomic mass is 16.5. The van der Waals surface area contributed by atoms with E-state index in [-0.39, 0.29) is 18.4 Å². The fourth-order valence-electron chi connectivity index (χ4n) is 2.01. The van der Waals surface area contributed by atoms with Gasteiger partial charge in [-0.3, -0.25) is 14.5 Å². The Morgan fingerprint density at radius 3 is 2.10 bits per heavy atom. The summed E-state index contributed by atoms with van der Waals surface area (Å²) in [5.74, 6) is -0.310. The summed E-state index contributed by atoms with van der Waals surface area (Å²) in [6, 6.07) is 6.92. The number of nitrogens with two attached hydrogens (primary N) is 1. The number of hydrogen-bond donors (Lipinski definition) is 3. The van der Waals surface area contributed by atoms with Gasteiger partial charge in [0.2, 0.25) is 11.8 Å². The summed E-state index contributed by atoms with van der Waals surface area (Å²) in [5, 5.41) is 5.46. The third kappa shape index (κ3) is 5.14. The minimum Gasteiger partial charge on any atom is -0.379 e. The van der Waals surface area contributed by atoms with Crippen molar-refractivity contribution in [2.75, 3.05) is 50.0 Å². The minimum absolute atomic E-state index is 0.0575. The van der Waals surface area contributed by atoms with Crippen molar-refractivity contribution >= 4 is 23.2 Å². The van der Waals surface area contributed by atoms with E-state index < -0.39 is 0 Å². The first kappa shape index (κ1) is 15.4. The van der Waals surface area contributed by atoms with Gasteiger partial charge < -0.3 is 21.1 Å². The van der Waals surface area contributed by atoms with Crippen LogP contribution >= 0.6 is 0 Å². The second kappa shape index (κ2) is 7.72. The van der Waals surface area contributed by atoms with Crippen molar-refractivity contribution in [3.63, 3.8) is 0 Å². The Hall–Kier alpha value is -1.96. The largest absolute Gasteiger partial charge is 0.379 e. The molecule has 0 spiro atoms. The molecule has 1 aliphatic heterocycles. The van der Waals surface area contributed by atoms with Crippen LogP contribution in [0.15, 0.2) is 24.3 Å². The molecule has 1 saturated heterocycles. The Kier molecular flexibility index (Phi) is 5.68. The minimum atomic E-state index is -0.251. The molecule has 2 amide bonds. The zero-order chi connectivity index (χ0) is 15.1. The summed E-state index contributed by atoms with van der Waals surface area (Å²) >= 11 is 0. The van der Waals surface area contributed by atoms with E-state index >= 15 is 0 Å². The molecule has 0 radical (unpaired) electrons. The molecule has 0 aromatic heterocycles. The van der Waals surface area contributed by atoms with E-state index in [0.29, 0.717) is 31.1 Å². The summed E-state index contributed by atoms with van der Waals surface area (Å²) in [6.07, 6.45) is 0. The Morgan fingerprint density at radius 1 is 1.05 bits per heavy atom. The molecule has 4 N–H and O–H groups in total. The predicted molar refractivity (Wildman–Crippen MR) is 80.0 cm³/mol. The summed E-state index contributed by atoms with van der Waals surface area (Å²) in [4.78, 5) is 25.1. The third-order valence-corrected chi connectivity index (χ3v) is 3.11. The first-order chi connectivity index (χ1) is 10.2. The van der Waals surface area contributed by atoms with Crippen LogP contribution in [0.4, 0.5) is 11.4 Å². The molecule has 1 aromatic carbocycles. The molecule has 0 atom stereocenters. The number of ether oxygens (including phenoxy) is 1. The maximum atomic E-state index is 11.9. The Morgan fingerprint density at radius 2 is 1.57 bits per heavy atom. The van der Waals surface area contributed by atoms with Gasteiger partial charge in [0.05, 0.1) is 26.3 Å². The number of anilines is 2. The van der Waals surface area contributed by atoms with Gasteiger partial charge in [0.1, 0.15) is 0 Å². The lowest BCUT2D eigenvalue weighted by Gasteiger charge is -2.25. The van der Waals surface area contributed by atoms with Gasteiger partial charge in [-0.15, -0.1) is 0 Å². The number of benzene rings is 1. The van der Waals surface area contributed by atoms with Crippen LogP contribution in [-0.2, 0) is 14.3 Å². The molecule has 1 heterocycles. The molecular formula is C14H20N4O3. The number of carbonyl (C=O) groups is 2. The normalized spacial score (nSPS) is 15.5. The summed E-state index contributed by atoms with van der Waals surface area (Å²) in [7, 11) is 0. The van der Waals surface area contributed by atoms with E-state index in [1.165, 1.54) is 0 Å². The molecule has 7 nitrogen and oxygen atoms in total. The Balaban J connectivity index is 1.81. The molecule has 2 rings (SSSR count). The molecule has 21 heavy (non-hydrogen) atoms. The summed E-state index contributed by atoms with van der Waals surface area (Å²) in [5.41, 5.74) is 6.57. The van der Waals surface area contributed by atoms with E-state index in [2.05, 4.69) is 15.5 Å². The molecule has 1 fully saturated rings. The lowest BCUT2D eigenvalue weighted by Crippen LogP contribution is -2.41. The van der Waals surface area contributed by atoms with Crippen LogP contribution in [0, 0.1) is 0 Å². The number of nitrogens with one attached hydrogen (secondary N) is 2. The number of hydrogen-bond acceptors (Lipinski definition) is 5. The average Bonchev–Trinajstić information content (AvgIpc) is 2.50. The highest BCUT2D eigenvalue weighted by Crippen LogP contribution is 2.13. The second-order valence-corrected chi connectivity index (χ2v) is 4.77. The van der Waals surface area contributed by atoms with Crippen LogP contribution in [0.25, 0.3) is 0 Å². The fourth-order valence-corrected chi connectivity index (χ4v) is 2.01. The molecule has 114 valence electrons. The summed E-state index contributed by atoms with van der Waals surface area (Å²) in [6.45, 7) is 3.19. The van der Waals surface area contributed by atoms with Gasteiger partial charge in [0.15, 0.2) is 0 Å². The molecule has 0 unspecified atom stereocenters. The highest BCUT2D eigenvalue weighted by molar-refractivity contribution is 5.94. The molecule has 1 aliphatic rings. The zero-order valence-electron chi connectivity index (χ0n) is 11.8. The van der Waals surface area contributed by atoms with E-state index in [4.69, 9.17) is 10.5 Å². The SMILES string of the molecule is NCC(=O)Nc1ccc(NC(=O)CN2CCOCC2)cc1. The molecule has 7 heteroatoms. The van der Waals surface area contributed by atoms with Crippen LogP contribution in [0.1, 0.15) is 0 Å². The standard InChI is InChI=1S/C14H20N4O3/c15-9-13(19)16-11-1-3-12(4-2-11)17-14(20)10-18-5-7-21-8-6-18/h1-4H,5-10,15H2,(H,16,19)(H,17,20). The van der Waals surface area contributed by atoms with Crippen molar-refractivity contribution in [2.24, 2.45) is 5.73 Å².